The first-order valence-electron chi connectivity index (χ1n) is 5.42. The highest BCUT2D eigenvalue weighted by molar-refractivity contribution is 6.30. The SMILES string of the molecule is C=CCCC(C)(Nc1ccc(Cl)cc1)C(N)=O. The number of amides is 1. The van der Waals surface area contributed by atoms with Crippen LogP contribution in [0.15, 0.2) is 36.9 Å². The predicted octanol–water partition coefficient (Wildman–Crippen LogP) is 2.96. The minimum absolute atomic E-state index is 0.380. The summed E-state index contributed by atoms with van der Waals surface area (Å²) in [6.45, 7) is 5.43. The van der Waals surface area contributed by atoms with E-state index in [1.165, 1.54) is 0 Å². The third-order valence-corrected chi connectivity index (χ3v) is 2.91. The highest BCUT2D eigenvalue weighted by atomic mass is 35.5. The molecular weight excluding hydrogens is 236 g/mol. The fourth-order valence-corrected chi connectivity index (χ4v) is 1.62. The fourth-order valence-electron chi connectivity index (χ4n) is 1.49. The number of primary amides is 1. The maximum Gasteiger partial charge on any atom is 0.242 e. The summed E-state index contributed by atoms with van der Waals surface area (Å²) >= 11 is 5.80. The summed E-state index contributed by atoms with van der Waals surface area (Å²) < 4.78 is 0. The van der Waals surface area contributed by atoms with Crippen molar-refractivity contribution >= 4 is 23.2 Å². The fraction of sp³-hybridized carbons (Fsp3) is 0.308. The normalized spacial score (nSPS) is 13.8. The molecule has 0 radical (unpaired) electrons. The van der Waals surface area contributed by atoms with Gasteiger partial charge in [0.1, 0.15) is 5.54 Å². The molecule has 1 aromatic carbocycles. The summed E-state index contributed by atoms with van der Waals surface area (Å²) in [4.78, 5) is 11.5. The van der Waals surface area contributed by atoms with E-state index in [-0.39, 0.29) is 5.91 Å². The monoisotopic (exact) mass is 252 g/mol. The molecule has 1 rings (SSSR count). The Kier molecular flexibility index (Phi) is 4.58. The van der Waals surface area contributed by atoms with Crippen LogP contribution in [0.5, 0.6) is 0 Å². The Balaban J connectivity index is 2.82. The van der Waals surface area contributed by atoms with Crippen LogP contribution in [0.1, 0.15) is 19.8 Å². The first-order chi connectivity index (χ1) is 7.98. The maximum atomic E-state index is 11.5. The average Bonchev–Trinajstić information content (AvgIpc) is 2.29. The summed E-state index contributed by atoms with van der Waals surface area (Å²) in [6, 6.07) is 7.16. The van der Waals surface area contributed by atoms with Crippen molar-refractivity contribution in [3.8, 4) is 0 Å². The second-order valence-electron chi connectivity index (χ2n) is 4.16. The van der Waals surface area contributed by atoms with E-state index in [9.17, 15) is 4.79 Å². The van der Waals surface area contributed by atoms with Crippen molar-refractivity contribution in [2.45, 2.75) is 25.3 Å². The van der Waals surface area contributed by atoms with Gasteiger partial charge in [-0.3, -0.25) is 4.79 Å². The number of allylic oxidation sites excluding steroid dienone is 1. The van der Waals surface area contributed by atoms with Gasteiger partial charge in [0.2, 0.25) is 5.91 Å². The van der Waals surface area contributed by atoms with Crippen LogP contribution in [0.3, 0.4) is 0 Å². The van der Waals surface area contributed by atoms with Gasteiger partial charge in [0.15, 0.2) is 0 Å². The molecule has 4 heteroatoms. The van der Waals surface area contributed by atoms with E-state index in [1.54, 1.807) is 25.1 Å². The van der Waals surface area contributed by atoms with Crippen molar-refractivity contribution in [1.82, 2.24) is 0 Å². The number of nitrogens with two attached hydrogens (primary N) is 1. The molecule has 0 bridgehead atoms. The molecule has 0 spiro atoms. The number of benzene rings is 1. The molecule has 3 nitrogen and oxygen atoms in total. The van der Waals surface area contributed by atoms with Gasteiger partial charge in [-0.2, -0.15) is 0 Å². The Hall–Kier alpha value is -1.48. The molecule has 0 fully saturated rings. The van der Waals surface area contributed by atoms with Gasteiger partial charge in [-0.25, -0.2) is 0 Å². The van der Waals surface area contributed by atoms with Crippen LogP contribution in [0.25, 0.3) is 0 Å². The average molecular weight is 253 g/mol. The Bertz CT molecular complexity index is 402. The van der Waals surface area contributed by atoms with Crippen molar-refractivity contribution in [1.29, 1.82) is 0 Å². The van der Waals surface area contributed by atoms with E-state index in [2.05, 4.69) is 11.9 Å². The minimum atomic E-state index is -0.776. The Morgan fingerprint density at radius 2 is 2.12 bits per heavy atom. The molecule has 0 aliphatic carbocycles. The van der Waals surface area contributed by atoms with Gasteiger partial charge < -0.3 is 11.1 Å². The molecule has 17 heavy (non-hydrogen) atoms. The zero-order valence-electron chi connectivity index (χ0n) is 9.87. The number of anilines is 1. The molecule has 3 N–H and O–H groups in total. The largest absolute Gasteiger partial charge is 0.371 e. The van der Waals surface area contributed by atoms with Crippen molar-refractivity contribution in [3.63, 3.8) is 0 Å². The maximum absolute atomic E-state index is 11.5. The number of carbonyl (C=O) groups excluding carboxylic acids is 1. The summed E-state index contributed by atoms with van der Waals surface area (Å²) in [6.07, 6.45) is 3.10. The van der Waals surface area contributed by atoms with Crippen LogP contribution in [0.4, 0.5) is 5.69 Å². The van der Waals surface area contributed by atoms with Crippen LogP contribution >= 0.6 is 11.6 Å². The molecule has 0 saturated heterocycles. The van der Waals surface area contributed by atoms with Gasteiger partial charge in [0.05, 0.1) is 0 Å². The number of carbonyl (C=O) groups is 1. The first-order valence-corrected chi connectivity index (χ1v) is 5.80. The third kappa shape index (κ3) is 3.79. The Labute approximate surface area is 107 Å². The predicted molar refractivity (Wildman–Crippen MR) is 72.1 cm³/mol. The molecule has 1 amide bonds. The van der Waals surface area contributed by atoms with Gasteiger partial charge in [-0.15, -0.1) is 6.58 Å². The number of hydrogen-bond donors (Lipinski definition) is 2. The summed E-state index contributed by atoms with van der Waals surface area (Å²) in [5.41, 5.74) is 5.47. The van der Waals surface area contributed by atoms with Crippen LogP contribution < -0.4 is 11.1 Å². The summed E-state index contributed by atoms with van der Waals surface area (Å²) in [5, 5.41) is 3.79. The minimum Gasteiger partial charge on any atom is -0.371 e. The van der Waals surface area contributed by atoms with Crippen LogP contribution in [-0.4, -0.2) is 11.4 Å². The van der Waals surface area contributed by atoms with Crippen molar-refractivity contribution in [2.24, 2.45) is 5.73 Å². The highest BCUT2D eigenvalue weighted by Gasteiger charge is 2.29. The lowest BCUT2D eigenvalue weighted by atomic mass is 9.94. The molecule has 0 aromatic heterocycles. The second-order valence-corrected chi connectivity index (χ2v) is 4.59. The van der Waals surface area contributed by atoms with Gasteiger partial charge >= 0.3 is 0 Å². The lowest BCUT2D eigenvalue weighted by molar-refractivity contribution is -0.121. The number of hydrogen-bond acceptors (Lipinski definition) is 2. The Morgan fingerprint density at radius 1 is 1.53 bits per heavy atom. The van der Waals surface area contributed by atoms with Crippen molar-refractivity contribution < 1.29 is 4.79 Å². The molecule has 0 aliphatic heterocycles. The van der Waals surface area contributed by atoms with Gasteiger partial charge in [-0.1, -0.05) is 17.7 Å². The number of nitrogens with one attached hydrogen (secondary N) is 1. The van der Waals surface area contributed by atoms with E-state index in [0.29, 0.717) is 11.4 Å². The first kappa shape index (κ1) is 13.6. The third-order valence-electron chi connectivity index (χ3n) is 2.66. The molecular formula is C13H17ClN2O. The smallest absolute Gasteiger partial charge is 0.242 e. The van der Waals surface area contributed by atoms with Gasteiger partial charge in [0, 0.05) is 10.7 Å². The van der Waals surface area contributed by atoms with Crippen molar-refractivity contribution in [2.75, 3.05) is 5.32 Å². The van der Waals surface area contributed by atoms with E-state index in [1.807, 2.05) is 12.1 Å². The molecule has 1 aromatic rings. The van der Waals surface area contributed by atoms with E-state index < -0.39 is 5.54 Å². The highest BCUT2D eigenvalue weighted by Crippen LogP contribution is 2.21. The number of halogens is 1. The molecule has 92 valence electrons. The molecule has 0 heterocycles. The zero-order chi connectivity index (χ0) is 12.9. The summed E-state index contributed by atoms with van der Waals surface area (Å²) in [7, 11) is 0. The topological polar surface area (TPSA) is 55.1 Å². The van der Waals surface area contributed by atoms with E-state index in [4.69, 9.17) is 17.3 Å². The quantitative estimate of drug-likeness (QED) is 0.765. The molecule has 0 saturated carbocycles. The molecule has 0 aliphatic rings. The Morgan fingerprint density at radius 3 is 2.59 bits per heavy atom. The standard InChI is InChI=1S/C13H17ClN2O/c1-3-4-9-13(2,12(15)17)16-11-7-5-10(14)6-8-11/h3,5-8,16H,1,4,9H2,2H3,(H2,15,17). The number of rotatable bonds is 6. The lowest BCUT2D eigenvalue weighted by Gasteiger charge is -2.28. The van der Waals surface area contributed by atoms with E-state index >= 15 is 0 Å². The van der Waals surface area contributed by atoms with Gasteiger partial charge in [0.25, 0.3) is 0 Å². The summed E-state index contributed by atoms with van der Waals surface area (Å²) in [5.74, 6) is -0.380. The van der Waals surface area contributed by atoms with Crippen LogP contribution in [-0.2, 0) is 4.79 Å². The molecule has 1 unspecified atom stereocenters. The lowest BCUT2D eigenvalue weighted by Crippen LogP contribution is -2.47. The van der Waals surface area contributed by atoms with Crippen LogP contribution in [0, 0.1) is 0 Å². The van der Waals surface area contributed by atoms with Gasteiger partial charge in [-0.05, 0) is 44.0 Å². The molecule has 1 atom stereocenters. The van der Waals surface area contributed by atoms with E-state index in [0.717, 1.165) is 12.1 Å². The second kappa shape index (κ2) is 5.73. The van der Waals surface area contributed by atoms with Crippen LogP contribution in [0.2, 0.25) is 5.02 Å². The van der Waals surface area contributed by atoms with Crippen molar-refractivity contribution in [3.05, 3.63) is 41.9 Å². The zero-order valence-corrected chi connectivity index (χ0v) is 10.6.